The average Bonchev–Trinajstić information content (AvgIpc) is 2.46. The zero-order chi connectivity index (χ0) is 16.6. The van der Waals surface area contributed by atoms with Crippen LogP contribution in [-0.2, 0) is 10.8 Å². The highest BCUT2D eigenvalue weighted by Gasteiger charge is 2.22. The molecule has 0 aromatic heterocycles. The van der Waals surface area contributed by atoms with Crippen molar-refractivity contribution in [2.75, 3.05) is 25.1 Å². The van der Waals surface area contributed by atoms with Crippen LogP contribution in [0.3, 0.4) is 0 Å². The van der Waals surface area contributed by atoms with Crippen molar-refractivity contribution in [2.24, 2.45) is 4.99 Å². The molecule has 0 saturated heterocycles. The standard InChI is InChI=1S/C16H33N3OS2/c1-6-17-15(18-10-11-22(20)16(2,3)4)19-13-8-7-9-14(12-13)21-5/h13-14H,6-12H2,1-5H3,(H2,17,18,19). The minimum absolute atomic E-state index is 0.157. The lowest BCUT2D eigenvalue weighted by Crippen LogP contribution is -2.46. The van der Waals surface area contributed by atoms with E-state index in [9.17, 15) is 4.21 Å². The van der Waals surface area contributed by atoms with Crippen LogP contribution in [0.1, 0.15) is 53.4 Å². The molecule has 0 radical (unpaired) electrons. The molecule has 0 aromatic rings. The first kappa shape index (κ1) is 19.8. The van der Waals surface area contributed by atoms with Gasteiger partial charge in [-0.2, -0.15) is 11.8 Å². The van der Waals surface area contributed by atoms with Crippen molar-refractivity contribution >= 4 is 28.5 Å². The van der Waals surface area contributed by atoms with Crippen LogP contribution in [0, 0.1) is 0 Å². The summed E-state index contributed by atoms with van der Waals surface area (Å²) in [5, 5.41) is 7.63. The van der Waals surface area contributed by atoms with Gasteiger partial charge in [-0.25, -0.2) is 0 Å². The van der Waals surface area contributed by atoms with Crippen molar-refractivity contribution in [1.29, 1.82) is 0 Å². The second-order valence-electron chi connectivity index (χ2n) is 6.79. The van der Waals surface area contributed by atoms with Gasteiger partial charge in [0.25, 0.3) is 0 Å². The molecule has 4 nitrogen and oxygen atoms in total. The van der Waals surface area contributed by atoms with E-state index < -0.39 is 10.8 Å². The van der Waals surface area contributed by atoms with Gasteiger partial charge in [-0.15, -0.1) is 0 Å². The molecule has 0 aliphatic heterocycles. The maximum atomic E-state index is 12.1. The smallest absolute Gasteiger partial charge is 0.191 e. The van der Waals surface area contributed by atoms with Gasteiger partial charge < -0.3 is 10.6 Å². The normalized spacial score (nSPS) is 24.9. The predicted octanol–water partition coefficient (Wildman–Crippen LogP) is 2.76. The molecule has 0 aromatic carbocycles. The SMILES string of the molecule is CCNC(=NCCS(=O)C(C)(C)C)NC1CCCC(SC)C1. The number of hydrogen-bond donors (Lipinski definition) is 2. The monoisotopic (exact) mass is 347 g/mol. The van der Waals surface area contributed by atoms with Crippen LogP contribution < -0.4 is 10.6 Å². The quantitative estimate of drug-likeness (QED) is 0.573. The highest BCUT2D eigenvalue weighted by Crippen LogP contribution is 2.26. The number of nitrogens with zero attached hydrogens (tertiary/aromatic N) is 1. The Morgan fingerprint density at radius 2 is 2.09 bits per heavy atom. The third-order valence-electron chi connectivity index (χ3n) is 3.87. The molecule has 0 amide bonds. The van der Waals surface area contributed by atoms with Crippen LogP contribution >= 0.6 is 11.8 Å². The van der Waals surface area contributed by atoms with Gasteiger partial charge >= 0.3 is 0 Å². The Balaban J connectivity index is 2.50. The lowest BCUT2D eigenvalue weighted by atomic mass is 9.95. The number of guanidine groups is 1. The number of hydrogen-bond acceptors (Lipinski definition) is 3. The van der Waals surface area contributed by atoms with Gasteiger partial charge in [-0.05, 0) is 53.2 Å². The summed E-state index contributed by atoms with van der Waals surface area (Å²) >= 11 is 1.97. The van der Waals surface area contributed by atoms with Gasteiger partial charge in [0.15, 0.2) is 5.96 Å². The van der Waals surface area contributed by atoms with E-state index in [2.05, 4.69) is 28.8 Å². The van der Waals surface area contributed by atoms with E-state index in [1.165, 1.54) is 25.7 Å². The summed E-state index contributed by atoms with van der Waals surface area (Å²) in [5.41, 5.74) is 0. The summed E-state index contributed by atoms with van der Waals surface area (Å²) < 4.78 is 11.9. The Labute approximate surface area is 143 Å². The van der Waals surface area contributed by atoms with Gasteiger partial charge in [-0.1, -0.05) is 6.42 Å². The van der Waals surface area contributed by atoms with Crippen molar-refractivity contribution in [3.05, 3.63) is 0 Å². The van der Waals surface area contributed by atoms with Crippen LogP contribution in [-0.4, -0.2) is 51.3 Å². The number of rotatable bonds is 6. The molecule has 1 fully saturated rings. The van der Waals surface area contributed by atoms with E-state index in [1.807, 2.05) is 32.5 Å². The van der Waals surface area contributed by atoms with E-state index in [1.54, 1.807) is 0 Å². The van der Waals surface area contributed by atoms with Crippen molar-refractivity contribution in [3.8, 4) is 0 Å². The van der Waals surface area contributed by atoms with E-state index in [4.69, 9.17) is 0 Å². The highest BCUT2D eigenvalue weighted by molar-refractivity contribution is 7.99. The fraction of sp³-hybridized carbons (Fsp3) is 0.938. The molecule has 1 aliphatic rings. The first-order valence-corrected chi connectivity index (χ1v) is 10.9. The minimum atomic E-state index is -0.837. The lowest BCUT2D eigenvalue weighted by molar-refractivity contribution is 0.419. The highest BCUT2D eigenvalue weighted by atomic mass is 32.2. The maximum absolute atomic E-state index is 12.1. The minimum Gasteiger partial charge on any atom is -0.357 e. The molecule has 1 saturated carbocycles. The summed E-state index contributed by atoms with van der Waals surface area (Å²) in [6.45, 7) is 9.59. The van der Waals surface area contributed by atoms with Gasteiger partial charge in [0.1, 0.15) is 0 Å². The number of thioether (sulfide) groups is 1. The zero-order valence-electron chi connectivity index (χ0n) is 14.8. The topological polar surface area (TPSA) is 53.5 Å². The average molecular weight is 348 g/mol. The maximum Gasteiger partial charge on any atom is 0.191 e. The summed E-state index contributed by atoms with van der Waals surface area (Å²) in [5.74, 6) is 1.50. The third kappa shape index (κ3) is 7.36. The van der Waals surface area contributed by atoms with Crippen molar-refractivity contribution in [3.63, 3.8) is 0 Å². The van der Waals surface area contributed by atoms with Crippen LogP contribution in [0.4, 0.5) is 0 Å². The second kappa shape index (κ2) is 9.81. The zero-order valence-corrected chi connectivity index (χ0v) is 16.4. The molecular formula is C16H33N3OS2. The molecule has 0 spiro atoms. The van der Waals surface area contributed by atoms with Crippen LogP contribution in [0.15, 0.2) is 4.99 Å². The molecule has 1 rings (SSSR count). The molecule has 2 N–H and O–H groups in total. The van der Waals surface area contributed by atoms with E-state index in [-0.39, 0.29) is 4.75 Å². The van der Waals surface area contributed by atoms with Gasteiger partial charge in [0, 0.05) is 39.1 Å². The number of aliphatic imine (C=N–C) groups is 1. The first-order chi connectivity index (χ1) is 10.4. The lowest BCUT2D eigenvalue weighted by Gasteiger charge is -2.30. The summed E-state index contributed by atoms with van der Waals surface area (Å²) in [7, 11) is -0.837. The Morgan fingerprint density at radius 1 is 1.36 bits per heavy atom. The number of nitrogens with one attached hydrogen (secondary N) is 2. The fourth-order valence-corrected chi connectivity index (χ4v) is 4.25. The molecule has 3 unspecified atom stereocenters. The van der Waals surface area contributed by atoms with Crippen molar-refractivity contribution < 1.29 is 4.21 Å². The van der Waals surface area contributed by atoms with Crippen molar-refractivity contribution in [1.82, 2.24) is 10.6 Å². The largest absolute Gasteiger partial charge is 0.357 e. The van der Waals surface area contributed by atoms with Gasteiger partial charge in [0.05, 0.1) is 6.54 Å². The molecule has 3 atom stereocenters. The molecular weight excluding hydrogens is 314 g/mol. The van der Waals surface area contributed by atoms with E-state index in [0.29, 0.717) is 18.3 Å². The third-order valence-corrected chi connectivity index (χ3v) is 6.89. The summed E-state index contributed by atoms with van der Waals surface area (Å²) in [4.78, 5) is 4.61. The molecule has 1 aliphatic carbocycles. The van der Waals surface area contributed by atoms with Gasteiger partial charge in [-0.3, -0.25) is 9.20 Å². The molecule has 22 heavy (non-hydrogen) atoms. The summed E-state index contributed by atoms with van der Waals surface area (Å²) in [6.07, 6.45) is 7.25. The first-order valence-electron chi connectivity index (χ1n) is 8.33. The molecule has 0 heterocycles. The van der Waals surface area contributed by atoms with Crippen LogP contribution in [0.25, 0.3) is 0 Å². The second-order valence-corrected chi connectivity index (χ2v) is 10.3. The van der Waals surface area contributed by atoms with Crippen LogP contribution in [0.2, 0.25) is 0 Å². The molecule has 6 heteroatoms. The Bertz CT molecular complexity index is 380. The molecule has 0 bridgehead atoms. The summed E-state index contributed by atoms with van der Waals surface area (Å²) in [6, 6.07) is 0.511. The van der Waals surface area contributed by atoms with E-state index >= 15 is 0 Å². The van der Waals surface area contributed by atoms with Crippen molar-refractivity contribution in [2.45, 2.75) is 69.4 Å². The Morgan fingerprint density at radius 3 is 2.68 bits per heavy atom. The predicted molar refractivity (Wildman–Crippen MR) is 101 cm³/mol. The Kier molecular flexibility index (Phi) is 8.83. The fourth-order valence-electron chi connectivity index (χ4n) is 2.55. The Hall–Kier alpha value is -0.230. The molecule has 130 valence electrons. The van der Waals surface area contributed by atoms with E-state index in [0.717, 1.165) is 17.8 Å². The van der Waals surface area contributed by atoms with Crippen LogP contribution in [0.5, 0.6) is 0 Å². The van der Waals surface area contributed by atoms with Gasteiger partial charge in [0.2, 0.25) is 0 Å².